The summed E-state index contributed by atoms with van der Waals surface area (Å²) in [6, 6.07) is 15.3. The van der Waals surface area contributed by atoms with Gasteiger partial charge in [-0.1, -0.05) is 48.5 Å². The highest BCUT2D eigenvalue weighted by atomic mass is 16.5. The second-order valence-electron chi connectivity index (χ2n) is 7.64. The van der Waals surface area contributed by atoms with Crippen molar-refractivity contribution in [1.29, 1.82) is 0 Å². The van der Waals surface area contributed by atoms with Gasteiger partial charge in [-0.3, -0.25) is 9.59 Å². The van der Waals surface area contributed by atoms with Crippen molar-refractivity contribution in [3.05, 3.63) is 59.7 Å². The number of amides is 2. The molecular weight excluding hydrogens is 384 g/mol. The third-order valence-electron chi connectivity index (χ3n) is 5.09. The van der Waals surface area contributed by atoms with Crippen LogP contribution in [0.2, 0.25) is 0 Å². The van der Waals surface area contributed by atoms with Crippen LogP contribution in [0.1, 0.15) is 43.7 Å². The van der Waals surface area contributed by atoms with E-state index in [0.717, 1.165) is 22.3 Å². The number of carbonyl (C=O) groups is 3. The highest BCUT2D eigenvalue weighted by Crippen LogP contribution is 2.44. The first-order valence-corrected chi connectivity index (χ1v) is 9.97. The number of fused-ring (bicyclic) bond motifs is 3. The second kappa shape index (κ2) is 9.43. The van der Waals surface area contributed by atoms with Crippen molar-refractivity contribution >= 4 is 18.0 Å². The van der Waals surface area contributed by atoms with E-state index in [-0.39, 0.29) is 31.3 Å². The van der Waals surface area contributed by atoms with Crippen molar-refractivity contribution in [1.82, 2.24) is 10.6 Å². The number of benzene rings is 2. The molecule has 2 amide bonds. The summed E-state index contributed by atoms with van der Waals surface area (Å²) in [6.07, 6.45) is -0.704. The number of carboxylic acids is 1. The predicted octanol–water partition coefficient (Wildman–Crippen LogP) is 3.28. The number of carbonyl (C=O) groups excluding carboxylic acids is 2. The molecule has 0 aliphatic heterocycles. The van der Waals surface area contributed by atoms with Gasteiger partial charge in [0, 0.05) is 24.4 Å². The van der Waals surface area contributed by atoms with Gasteiger partial charge in [0.05, 0.1) is 6.42 Å². The number of ether oxygens (including phenoxy) is 1. The zero-order valence-electron chi connectivity index (χ0n) is 17.1. The molecule has 2 aromatic rings. The van der Waals surface area contributed by atoms with Gasteiger partial charge >= 0.3 is 12.1 Å². The first-order valence-electron chi connectivity index (χ1n) is 9.97. The molecule has 3 N–H and O–H groups in total. The molecule has 0 heterocycles. The van der Waals surface area contributed by atoms with Crippen molar-refractivity contribution in [2.24, 2.45) is 0 Å². The van der Waals surface area contributed by atoms with Gasteiger partial charge in [0.15, 0.2) is 0 Å². The van der Waals surface area contributed by atoms with Crippen LogP contribution in [0.4, 0.5) is 4.79 Å². The molecular formula is C23H26N2O5. The first-order chi connectivity index (χ1) is 14.3. The molecule has 0 radical (unpaired) electrons. The van der Waals surface area contributed by atoms with E-state index in [0.29, 0.717) is 0 Å². The smallest absolute Gasteiger partial charge is 0.407 e. The van der Waals surface area contributed by atoms with Gasteiger partial charge in [-0.05, 0) is 36.1 Å². The lowest BCUT2D eigenvalue weighted by molar-refractivity contribution is -0.137. The fraction of sp³-hybridized carbons (Fsp3) is 0.348. The van der Waals surface area contributed by atoms with Crippen molar-refractivity contribution in [3.8, 4) is 11.1 Å². The quantitative estimate of drug-likeness (QED) is 0.619. The number of rotatable bonds is 8. The molecule has 2 atom stereocenters. The van der Waals surface area contributed by atoms with Crippen molar-refractivity contribution in [2.45, 2.75) is 44.7 Å². The van der Waals surface area contributed by atoms with Crippen molar-refractivity contribution in [3.63, 3.8) is 0 Å². The van der Waals surface area contributed by atoms with E-state index in [2.05, 4.69) is 22.8 Å². The summed E-state index contributed by atoms with van der Waals surface area (Å²) >= 11 is 0. The normalized spacial score (nSPS) is 14.2. The third-order valence-corrected chi connectivity index (χ3v) is 5.09. The minimum Gasteiger partial charge on any atom is -0.481 e. The Morgan fingerprint density at radius 3 is 2.00 bits per heavy atom. The SMILES string of the molecule is C[C@H](CC(=O)O)NC(=O)C[C@H](C)NC(=O)OCC1c2ccccc2-c2ccccc21. The number of aliphatic carboxylic acids is 1. The number of hydrogen-bond acceptors (Lipinski definition) is 4. The average molecular weight is 410 g/mol. The van der Waals surface area contributed by atoms with Crippen molar-refractivity contribution in [2.75, 3.05) is 6.61 Å². The minimum atomic E-state index is -0.979. The molecule has 0 aromatic heterocycles. The molecule has 3 rings (SSSR count). The zero-order chi connectivity index (χ0) is 21.7. The molecule has 7 heteroatoms. The maximum absolute atomic E-state index is 12.2. The Bertz CT molecular complexity index is 897. The minimum absolute atomic E-state index is 0.0291. The Morgan fingerprint density at radius 1 is 0.900 bits per heavy atom. The van der Waals surface area contributed by atoms with Crippen molar-refractivity contribution < 1.29 is 24.2 Å². The van der Waals surface area contributed by atoms with Crippen LogP contribution in [0.15, 0.2) is 48.5 Å². The third kappa shape index (κ3) is 5.17. The fourth-order valence-electron chi connectivity index (χ4n) is 3.82. The van der Waals surface area contributed by atoms with Crippen LogP contribution in [0.5, 0.6) is 0 Å². The Hall–Kier alpha value is -3.35. The average Bonchev–Trinajstić information content (AvgIpc) is 2.99. The molecule has 158 valence electrons. The van der Waals surface area contributed by atoms with Crippen LogP contribution in [-0.4, -0.2) is 41.8 Å². The molecule has 30 heavy (non-hydrogen) atoms. The number of alkyl carbamates (subject to hydrolysis) is 1. The van der Waals surface area contributed by atoms with Gasteiger partial charge in [-0.15, -0.1) is 0 Å². The van der Waals surface area contributed by atoms with E-state index in [1.165, 1.54) is 0 Å². The van der Waals surface area contributed by atoms with Gasteiger partial charge in [0.25, 0.3) is 0 Å². The standard InChI is InChI=1S/C23H26N2O5/c1-14(11-21(26)24-15(2)12-22(27)28)25-23(29)30-13-20-18-9-5-3-7-16(18)17-8-4-6-10-19(17)20/h3-10,14-15,20H,11-13H2,1-2H3,(H,24,26)(H,25,29)(H,27,28)/t14-,15+/m0/s1. The van der Waals surface area contributed by atoms with Crippen LogP contribution in [0.3, 0.4) is 0 Å². The molecule has 0 bridgehead atoms. The molecule has 1 aliphatic rings. The van der Waals surface area contributed by atoms with Crippen LogP contribution in [0, 0.1) is 0 Å². The largest absolute Gasteiger partial charge is 0.481 e. The van der Waals surface area contributed by atoms with E-state index in [1.807, 2.05) is 36.4 Å². The Labute approximate surface area is 175 Å². The molecule has 7 nitrogen and oxygen atoms in total. The van der Waals surface area contributed by atoms with Gasteiger partial charge in [0.1, 0.15) is 6.61 Å². The number of hydrogen-bond donors (Lipinski definition) is 3. The molecule has 1 aliphatic carbocycles. The highest BCUT2D eigenvalue weighted by molar-refractivity contribution is 5.80. The summed E-state index contributed by atoms with van der Waals surface area (Å²) in [7, 11) is 0. The summed E-state index contributed by atoms with van der Waals surface area (Å²) in [5.41, 5.74) is 4.57. The number of nitrogens with one attached hydrogen (secondary N) is 2. The monoisotopic (exact) mass is 410 g/mol. The molecule has 0 saturated heterocycles. The molecule has 0 saturated carbocycles. The Balaban J connectivity index is 1.51. The highest BCUT2D eigenvalue weighted by Gasteiger charge is 2.29. The lowest BCUT2D eigenvalue weighted by Crippen LogP contribution is -2.40. The first kappa shape index (κ1) is 21.4. The summed E-state index contributed by atoms with van der Waals surface area (Å²) in [6.45, 7) is 3.52. The van der Waals surface area contributed by atoms with Crippen LogP contribution < -0.4 is 10.6 Å². The summed E-state index contributed by atoms with van der Waals surface area (Å²) in [5.74, 6) is -1.33. The maximum atomic E-state index is 12.2. The topological polar surface area (TPSA) is 105 Å². The summed E-state index contributed by atoms with van der Waals surface area (Å²) in [4.78, 5) is 34.9. The maximum Gasteiger partial charge on any atom is 0.407 e. The van der Waals surface area contributed by atoms with Crippen LogP contribution in [-0.2, 0) is 14.3 Å². The lowest BCUT2D eigenvalue weighted by Gasteiger charge is -2.18. The van der Waals surface area contributed by atoms with Gasteiger partial charge in [-0.25, -0.2) is 4.79 Å². The molecule has 0 spiro atoms. The van der Waals surface area contributed by atoms with E-state index in [4.69, 9.17) is 9.84 Å². The van der Waals surface area contributed by atoms with E-state index in [1.54, 1.807) is 13.8 Å². The summed E-state index contributed by atoms with van der Waals surface area (Å²) < 4.78 is 5.47. The lowest BCUT2D eigenvalue weighted by atomic mass is 9.98. The van der Waals surface area contributed by atoms with Gasteiger partial charge < -0.3 is 20.5 Å². The van der Waals surface area contributed by atoms with Crippen LogP contribution >= 0.6 is 0 Å². The number of carboxylic acid groups (broad SMARTS) is 1. The Morgan fingerprint density at radius 2 is 1.43 bits per heavy atom. The van der Waals surface area contributed by atoms with E-state index < -0.39 is 24.1 Å². The fourth-order valence-corrected chi connectivity index (χ4v) is 3.82. The van der Waals surface area contributed by atoms with Gasteiger partial charge in [0.2, 0.25) is 5.91 Å². The summed E-state index contributed by atoms with van der Waals surface area (Å²) in [5, 5.41) is 14.0. The second-order valence-corrected chi connectivity index (χ2v) is 7.64. The van der Waals surface area contributed by atoms with E-state index >= 15 is 0 Å². The molecule has 2 aromatic carbocycles. The van der Waals surface area contributed by atoms with Crippen LogP contribution in [0.25, 0.3) is 11.1 Å². The zero-order valence-corrected chi connectivity index (χ0v) is 17.1. The Kier molecular flexibility index (Phi) is 6.72. The molecule has 0 fully saturated rings. The molecule has 0 unspecified atom stereocenters. The predicted molar refractivity (Wildman–Crippen MR) is 112 cm³/mol. The van der Waals surface area contributed by atoms with Gasteiger partial charge in [-0.2, -0.15) is 0 Å². The van der Waals surface area contributed by atoms with E-state index in [9.17, 15) is 14.4 Å².